The minimum atomic E-state index is 0.496. The second-order valence-electron chi connectivity index (χ2n) is 4.11. The van der Waals surface area contributed by atoms with Crippen molar-refractivity contribution >= 4 is 29.0 Å². The third kappa shape index (κ3) is 2.82. The third-order valence-electron chi connectivity index (χ3n) is 2.46. The molecule has 0 fully saturated rings. The second kappa shape index (κ2) is 5.27. The fourth-order valence-electron chi connectivity index (χ4n) is 1.68. The van der Waals surface area contributed by atoms with Crippen LogP contribution in [0.2, 0.25) is 0 Å². The van der Waals surface area contributed by atoms with Gasteiger partial charge in [-0.25, -0.2) is 9.97 Å². The van der Waals surface area contributed by atoms with E-state index in [2.05, 4.69) is 28.5 Å². The molecule has 0 radical (unpaired) electrons. The van der Waals surface area contributed by atoms with E-state index >= 15 is 0 Å². The number of imidazole rings is 1. The normalized spacial score (nSPS) is 12.8. The van der Waals surface area contributed by atoms with Gasteiger partial charge in [0.15, 0.2) is 11.5 Å². The fourth-order valence-corrected chi connectivity index (χ4v) is 2.37. The highest BCUT2D eigenvalue weighted by Crippen LogP contribution is 2.15. The Kier molecular flexibility index (Phi) is 3.73. The van der Waals surface area contributed by atoms with Crippen LogP contribution < -0.4 is 11.1 Å². The van der Waals surface area contributed by atoms with E-state index in [1.54, 1.807) is 12.4 Å². The quantitative estimate of drug-likeness (QED) is 0.847. The van der Waals surface area contributed by atoms with E-state index in [1.807, 2.05) is 22.4 Å². The molecule has 92 valence electrons. The Morgan fingerprint density at radius 1 is 1.59 bits per heavy atom. The van der Waals surface area contributed by atoms with Gasteiger partial charge < -0.3 is 15.5 Å². The monoisotopic (exact) mass is 251 g/mol. The molecule has 2 aromatic rings. The van der Waals surface area contributed by atoms with Crippen LogP contribution in [0, 0.1) is 5.92 Å². The van der Waals surface area contributed by atoms with E-state index in [-0.39, 0.29) is 0 Å². The molecule has 0 saturated carbocycles. The van der Waals surface area contributed by atoms with Crippen molar-refractivity contribution in [1.29, 1.82) is 0 Å². The van der Waals surface area contributed by atoms with Crippen molar-refractivity contribution in [2.75, 3.05) is 29.6 Å². The molecule has 2 heterocycles. The van der Waals surface area contributed by atoms with E-state index in [0.717, 1.165) is 23.8 Å². The number of thioether (sulfide) groups is 1. The van der Waals surface area contributed by atoms with Gasteiger partial charge >= 0.3 is 0 Å². The molecule has 1 atom stereocenters. The van der Waals surface area contributed by atoms with Gasteiger partial charge in [-0.05, 0) is 17.9 Å². The number of nitrogens with zero attached hydrogens (tertiary/aromatic N) is 3. The fraction of sp³-hybridized carbons (Fsp3) is 0.455. The number of anilines is 2. The average Bonchev–Trinajstić information content (AvgIpc) is 2.74. The molecule has 0 aromatic carbocycles. The van der Waals surface area contributed by atoms with Gasteiger partial charge in [0.25, 0.3) is 0 Å². The standard InChI is InChI=1S/C11H17N5S/c1-8(7-17-2)5-14-10-11-13-3-4-16(11)6-9(12)15-10/h3-4,6,8H,5,7,12H2,1-2H3,(H,14,15). The lowest BCUT2D eigenvalue weighted by atomic mass is 10.2. The zero-order valence-corrected chi connectivity index (χ0v) is 10.9. The zero-order chi connectivity index (χ0) is 12.3. The first-order valence-corrected chi connectivity index (χ1v) is 6.92. The zero-order valence-electron chi connectivity index (χ0n) is 10.1. The van der Waals surface area contributed by atoms with Crippen LogP contribution in [0.25, 0.3) is 5.65 Å². The van der Waals surface area contributed by atoms with Crippen LogP contribution in [-0.4, -0.2) is 32.9 Å². The van der Waals surface area contributed by atoms with Crippen LogP contribution in [0.5, 0.6) is 0 Å². The van der Waals surface area contributed by atoms with Crippen molar-refractivity contribution in [3.63, 3.8) is 0 Å². The van der Waals surface area contributed by atoms with Crippen LogP contribution in [0.15, 0.2) is 18.6 Å². The smallest absolute Gasteiger partial charge is 0.180 e. The molecule has 0 aliphatic heterocycles. The van der Waals surface area contributed by atoms with Gasteiger partial charge in [-0.2, -0.15) is 11.8 Å². The Morgan fingerprint density at radius 2 is 2.41 bits per heavy atom. The Balaban J connectivity index is 2.14. The summed E-state index contributed by atoms with van der Waals surface area (Å²) in [5, 5.41) is 3.31. The van der Waals surface area contributed by atoms with Crippen molar-refractivity contribution in [3.05, 3.63) is 18.6 Å². The molecule has 17 heavy (non-hydrogen) atoms. The molecular formula is C11H17N5S. The van der Waals surface area contributed by atoms with E-state index < -0.39 is 0 Å². The lowest BCUT2D eigenvalue weighted by Gasteiger charge is -2.12. The molecule has 0 spiro atoms. The summed E-state index contributed by atoms with van der Waals surface area (Å²) in [5.41, 5.74) is 6.56. The number of rotatable bonds is 5. The van der Waals surface area contributed by atoms with Gasteiger partial charge in [-0.3, -0.25) is 0 Å². The summed E-state index contributed by atoms with van der Waals surface area (Å²) in [5.74, 6) is 2.96. The molecular weight excluding hydrogens is 234 g/mol. The van der Waals surface area contributed by atoms with Crippen LogP contribution in [-0.2, 0) is 0 Å². The predicted octanol–water partition coefficient (Wildman–Crippen LogP) is 1.72. The Bertz CT molecular complexity index is 496. The first-order valence-electron chi connectivity index (χ1n) is 5.52. The lowest BCUT2D eigenvalue weighted by Crippen LogP contribution is -2.15. The summed E-state index contributed by atoms with van der Waals surface area (Å²) >= 11 is 1.85. The van der Waals surface area contributed by atoms with Gasteiger partial charge in [0.05, 0.1) is 6.20 Å². The van der Waals surface area contributed by atoms with Gasteiger partial charge in [0.1, 0.15) is 5.82 Å². The van der Waals surface area contributed by atoms with Crippen LogP contribution >= 0.6 is 11.8 Å². The maximum atomic E-state index is 5.75. The summed E-state index contributed by atoms with van der Waals surface area (Å²) in [6.45, 7) is 3.08. The van der Waals surface area contributed by atoms with Crippen molar-refractivity contribution < 1.29 is 0 Å². The van der Waals surface area contributed by atoms with E-state index in [0.29, 0.717) is 11.7 Å². The number of hydrogen-bond donors (Lipinski definition) is 2. The molecule has 1 unspecified atom stereocenters. The van der Waals surface area contributed by atoms with Crippen LogP contribution in [0.4, 0.5) is 11.6 Å². The van der Waals surface area contributed by atoms with Crippen molar-refractivity contribution in [2.45, 2.75) is 6.92 Å². The van der Waals surface area contributed by atoms with Crippen molar-refractivity contribution in [2.24, 2.45) is 5.92 Å². The molecule has 3 N–H and O–H groups in total. The predicted molar refractivity (Wildman–Crippen MR) is 73.4 cm³/mol. The van der Waals surface area contributed by atoms with Crippen LogP contribution in [0.1, 0.15) is 6.92 Å². The summed E-state index contributed by atoms with van der Waals surface area (Å²) in [4.78, 5) is 8.54. The van der Waals surface area contributed by atoms with E-state index in [1.165, 1.54) is 0 Å². The van der Waals surface area contributed by atoms with E-state index in [9.17, 15) is 0 Å². The summed E-state index contributed by atoms with van der Waals surface area (Å²) in [6, 6.07) is 0. The highest BCUT2D eigenvalue weighted by Gasteiger charge is 2.07. The molecule has 0 aliphatic rings. The van der Waals surface area contributed by atoms with Gasteiger partial charge in [0.2, 0.25) is 0 Å². The summed E-state index contributed by atoms with van der Waals surface area (Å²) in [7, 11) is 0. The molecule has 5 nitrogen and oxygen atoms in total. The minimum absolute atomic E-state index is 0.496. The van der Waals surface area contributed by atoms with Gasteiger partial charge in [-0.1, -0.05) is 6.92 Å². The highest BCUT2D eigenvalue weighted by molar-refractivity contribution is 7.98. The topological polar surface area (TPSA) is 68.2 Å². The number of fused-ring (bicyclic) bond motifs is 1. The molecule has 0 bridgehead atoms. The van der Waals surface area contributed by atoms with Crippen LogP contribution in [0.3, 0.4) is 0 Å². The molecule has 0 amide bonds. The first kappa shape index (κ1) is 12.0. The largest absolute Gasteiger partial charge is 0.382 e. The number of aromatic nitrogens is 3. The number of hydrogen-bond acceptors (Lipinski definition) is 5. The Hall–Kier alpha value is -1.43. The maximum Gasteiger partial charge on any atom is 0.180 e. The van der Waals surface area contributed by atoms with Crippen molar-refractivity contribution in [3.8, 4) is 0 Å². The Morgan fingerprint density at radius 3 is 3.18 bits per heavy atom. The third-order valence-corrected chi connectivity index (χ3v) is 3.36. The highest BCUT2D eigenvalue weighted by atomic mass is 32.2. The molecule has 0 aliphatic carbocycles. The molecule has 2 rings (SSSR count). The van der Waals surface area contributed by atoms with Gasteiger partial charge in [0, 0.05) is 18.9 Å². The van der Waals surface area contributed by atoms with E-state index in [4.69, 9.17) is 5.73 Å². The molecule has 2 aromatic heterocycles. The van der Waals surface area contributed by atoms with Crippen molar-refractivity contribution in [1.82, 2.24) is 14.4 Å². The Labute approximate surface area is 105 Å². The van der Waals surface area contributed by atoms with Gasteiger partial charge in [-0.15, -0.1) is 0 Å². The lowest BCUT2D eigenvalue weighted by molar-refractivity contribution is 0.700. The number of nitrogens with two attached hydrogens (primary N) is 1. The SMILES string of the molecule is CSCC(C)CNc1nc(N)cn2ccnc12. The second-order valence-corrected chi connectivity index (χ2v) is 5.02. The minimum Gasteiger partial charge on any atom is -0.382 e. The molecule has 0 saturated heterocycles. The molecule has 6 heteroatoms. The summed E-state index contributed by atoms with van der Waals surface area (Å²) < 4.78 is 1.88. The number of nitrogen functional groups attached to an aromatic ring is 1. The summed E-state index contributed by atoms with van der Waals surface area (Å²) in [6.07, 6.45) is 7.48. The average molecular weight is 251 g/mol. The maximum absolute atomic E-state index is 5.75. The first-order chi connectivity index (χ1) is 8.20. The number of nitrogens with one attached hydrogen (secondary N) is 1.